The zero-order valence-electron chi connectivity index (χ0n) is 12.1. The third kappa shape index (κ3) is 4.39. The standard InChI is InChI=1S/C15H20F2N2O2/c1-11(19-9-5-2-6-10-19)14(20)18-12-7-3-4-8-13(12)21-15(16)17/h3-4,7-8,11,15H,2,5-6,9-10H2,1H3,(H,18,20)/p+1/t11-/m1/s1. The predicted octanol–water partition coefficient (Wildman–Crippen LogP) is 1.68. The second-order valence-corrected chi connectivity index (χ2v) is 5.30. The maximum Gasteiger partial charge on any atom is 0.387 e. The number of para-hydroxylation sites is 2. The molecule has 1 fully saturated rings. The molecule has 0 bridgehead atoms. The van der Waals surface area contributed by atoms with Crippen LogP contribution in [-0.2, 0) is 4.79 Å². The molecule has 0 aliphatic carbocycles. The van der Waals surface area contributed by atoms with Crippen molar-refractivity contribution in [1.29, 1.82) is 0 Å². The molecule has 0 radical (unpaired) electrons. The van der Waals surface area contributed by atoms with Crippen LogP contribution < -0.4 is 15.0 Å². The number of halogens is 2. The molecule has 6 heteroatoms. The van der Waals surface area contributed by atoms with Crippen molar-refractivity contribution in [3.8, 4) is 5.75 Å². The van der Waals surface area contributed by atoms with Crippen LogP contribution in [0.3, 0.4) is 0 Å². The van der Waals surface area contributed by atoms with Gasteiger partial charge in [0.25, 0.3) is 5.91 Å². The number of anilines is 1. The Morgan fingerprint density at radius 3 is 2.57 bits per heavy atom. The number of ether oxygens (including phenoxy) is 1. The zero-order chi connectivity index (χ0) is 15.2. The Morgan fingerprint density at radius 1 is 1.24 bits per heavy atom. The van der Waals surface area contributed by atoms with Gasteiger partial charge in [-0.05, 0) is 38.3 Å². The van der Waals surface area contributed by atoms with Crippen molar-refractivity contribution in [1.82, 2.24) is 0 Å². The van der Waals surface area contributed by atoms with Crippen molar-refractivity contribution in [2.45, 2.75) is 38.8 Å². The lowest BCUT2D eigenvalue weighted by Crippen LogP contribution is -3.17. The second kappa shape index (κ2) is 7.36. The smallest absolute Gasteiger partial charge is 0.387 e. The molecule has 2 N–H and O–H groups in total. The van der Waals surface area contributed by atoms with E-state index in [4.69, 9.17) is 0 Å². The molecule has 1 aliphatic rings. The molecule has 1 saturated heterocycles. The molecule has 1 aromatic rings. The Kier molecular flexibility index (Phi) is 5.50. The number of rotatable bonds is 5. The molecule has 2 rings (SSSR count). The van der Waals surface area contributed by atoms with Gasteiger partial charge in [-0.25, -0.2) is 0 Å². The van der Waals surface area contributed by atoms with Gasteiger partial charge in [-0.2, -0.15) is 8.78 Å². The van der Waals surface area contributed by atoms with Crippen molar-refractivity contribution < 1.29 is 23.2 Å². The van der Waals surface area contributed by atoms with Crippen LogP contribution in [0.4, 0.5) is 14.5 Å². The lowest BCUT2D eigenvalue weighted by molar-refractivity contribution is -0.918. The summed E-state index contributed by atoms with van der Waals surface area (Å²) in [5, 5.41) is 2.69. The number of likely N-dealkylation sites (tertiary alicyclic amines) is 1. The summed E-state index contributed by atoms with van der Waals surface area (Å²) in [6, 6.07) is 6.04. The van der Waals surface area contributed by atoms with Gasteiger partial charge in [0.2, 0.25) is 0 Å². The topological polar surface area (TPSA) is 42.8 Å². The van der Waals surface area contributed by atoms with Crippen LogP contribution in [0.2, 0.25) is 0 Å². The van der Waals surface area contributed by atoms with Crippen molar-refractivity contribution in [3.05, 3.63) is 24.3 Å². The van der Waals surface area contributed by atoms with E-state index in [9.17, 15) is 13.6 Å². The van der Waals surface area contributed by atoms with Crippen LogP contribution in [0, 0.1) is 0 Å². The summed E-state index contributed by atoms with van der Waals surface area (Å²) in [5.41, 5.74) is 0.283. The van der Waals surface area contributed by atoms with Crippen molar-refractivity contribution >= 4 is 11.6 Å². The number of amides is 1. The SMILES string of the molecule is C[C@H](C(=O)Nc1ccccc1OC(F)F)[NH+]1CCCCC1. The number of benzene rings is 1. The Bertz CT molecular complexity index is 476. The van der Waals surface area contributed by atoms with Crippen LogP contribution in [0.1, 0.15) is 26.2 Å². The van der Waals surface area contributed by atoms with Crippen molar-refractivity contribution in [2.24, 2.45) is 0 Å². The Labute approximate surface area is 123 Å². The number of quaternary nitrogens is 1. The average molecular weight is 299 g/mol. The van der Waals surface area contributed by atoms with E-state index in [0.29, 0.717) is 0 Å². The molecular formula is C15H21F2N2O2+. The number of carbonyl (C=O) groups is 1. The Hall–Kier alpha value is -1.69. The van der Waals surface area contributed by atoms with Gasteiger partial charge in [-0.15, -0.1) is 0 Å². The first-order chi connectivity index (χ1) is 10.1. The largest absolute Gasteiger partial charge is 0.433 e. The zero-order valence-corrected chi connectivity index (χ0v) is 12.1. The monoisotopic (exact) mass is 299 g/mol. The summed E-state index contributed by atoms with van der Waals surface area (Å²) in [7, 11) is 0. The highest BCUT2D eigenvalue weighted by Crippen LogP contribution is 2.25. The Morgan fingerprint density at radius 2 is 1.90 bits per heavy atom. The molecule has 1 aromatic carbocycles. The second-order valence-electron chi connectivity index (χ2n) is 5.30. The lowest BCUT2D eigenvalue weighted by Gasteiger charge is -2.28. The minimum atomic E-state index is -2.91. The van der Waals surface area contributed by atoms with Gasteiger partial charge < -0.3 is 15.0 Å². The first-order valence-corrected chi connectivity index (χ1v) is 7.27. The fraction of sp³-hybridized carbons (Fsp3) is 0.533. The highest BCUT2D eigenvalue weighted by atomic mass is 19.3. The third-order valence-electron chi connectivity index (χ3n) is 3.86. The minimum Gasteiger partial charge on any atom is -0.433 e. The van der Waals surface area contributed by atoms with Gasteiger partial charge in [-0.1, -0.05) is 12.1 Å². The van der Waals surface area contributed by atoms with Gasteiger partial charge in [0.15, 0.2) is 6.04 Å². The first-order valence-electron chi connectivity index (χ1n) is 7.27. The highest BCUT2D eigenvalue weighted by molar-refractivity contribution is 5.94. The molecular weight excluding hydrogens is 278 g/mol. The normalized spacial score (nSPS) is 17.5. The van der Waals surface area contributed by atoms with Gasteiger partial charge in [0.05, 0.1) is 18.8 Å². The molecule has 0 saturated carbocycles. The molecule has 1 aliphatic heterocycles. The molecule has 116 valence electrons. The van der Waals surface area contributed by atoms with Crippen LogP contribution in [-0.4, -0.2) is 31.7 Å². The number of piperidine rings is 1. The Balaban J connectivity index is 2.01. The van der Waals surface area contributed by atoms with E-state index in [0.717, 1.165) is 25.9 Å². The number of carbonyl (C=O) groups excluding carboxylic acids is 1. The van der Waals surface area contributed by atoms with Gasteiger partial charge >= 0.3 is 6.61 Å². The summed E-state index contributed by atoms with van der Waals surface area (Å²) in [4.78, 5) is 13.5. The van der Waals surface area contributed by atoms with E-state index in [1.807, 2.05) is 6.92 Å². The van der Waals surface area contributed by atoms with E-state index in [2.05, 4.69) is 10.1 Å². The molecule has 0 aromatic heterocycles. The summed E-state index contributed by atoms with van der Waals surface area (Å²) in [6.45, 7) is 0.910. The maximum atomic E-state index is 12.3. The van der Waals surface area contributed by atoms with Gasteiger partial charge in [0.1, 0.15) is 5.75 Å². The van der Waals surface area contributed by atoms with Gasteiger partial charge in [0, 0.05) is 0 Å². The molecule has 4 nitrogen and oxygen atoms in total. The van der Waals surface area contributed by atoms with E-state index < -0.39 is 6.61 Å². The van der Waals surface area contributed by atoms with Crippen LogP contribution >= 0.6 is 0 Å². The predicted molar refractivity (Wildman–Crippen MR) is 75.7 cm³/mol. The summed E-state index contributed by atoms with van der Waals surface area (Å²) >= 11 is 0. The number of alkyl halides is 2. The number of hydrogen-bond acceptors (Lipinski definition) is 2. The highest BCUT2D eigenvalue weighted by Gasteiger charge is 2.27. The van der Waals surface area contributed by atoms with Crippen LogP contribution in [0.15, 0.2) is 24.3 Å². The van der Waals surface area contributed by atoms with Crippen molar-refractivity contribution in [2.75, 3.05) is 18.4 Å². The van der Waals surface area contributed by atoms with Gasteiger partial charge in [-0.3, -0.25) is 4.79 Å². The fourth-order valence-electron chi connectivity index (χ4n) is 2.63. The number of hydrogen-bond donors (Lipinski definition) is 2. The van der Waals surface area contributed by atoms with E-state index in [1.54, 1.807) is 18.2 Å². The van der Waals surface area contributed by atoms with Crippen LogP contribution in [0.25, 0.3) is 0 Å². The maximum absolute atomic E-state index is 12.3. The van der Waals surface area contributed by atoms with Crippen molar-refractivity contribution in [3.63, 3.8) is 0 Å². The summed E-state index contributed by atoms with van der Waals surface area (Å²) < 4.78 is 29.1. The number of nitrogens with one attached hydrogen (secondary N) is 2. The minimum absolute atomic E-state index is 0.0123. The third-order valence-corrected chi connectivity index (χ3v) is 3.86. The fourth-order valence-corrected chi connectivity index (χ4v) is 2.63. The molecule has 1 heterocycles. The van der Waals surface area contributed by atoms with E-state index >= 15 is 0 Å². The van der Waals surface area contributed by atoms with Crippen LogP contribution in [0.5, 0.6) is 5.75 Å². The first kappa shape index (κ1) is 15.7. The molecule has 0 unspecified atom stereocenters. The molecule has 21 heavy (non-hydrogen) atoms. The average Bonchev–Trinajstić information content (AvgIpc) is 2.49. The molecule has 0 spiro atoms. The molecule has 1 atom stereocenters. The summed E-state index contributed by atoms with van der Waals surface area (Å²) in [6.07, 6.45) is 3.46. The lowest BCUT2D eigenvalue weighted by atomic mass is 10.1. The quantitative estimate of drug-likeness (QED) is 0.869. The van der Waals surface area contributed by atoms with E-state index in [1.165, 1.54) is 17.4 Å². The summed E-state index contributed by atoms with van der Waals surface area (Å²) in [5.74, 6) is -0.182. The van der Waals surface area contributed by atoms with E-state index in [-0.39, 0.29) is 23.4 Å². The molecule has 1 amide bonds.